The Hall–Kier alpha value is -0.840. The SMILES string of the molecule is CCCOc1ccc(C(N)c2ccc(C)s2)cc1Br. The molecule has 0 radical (unpaired) electrons. The maximum Gasteiger partial charge on any atom is 0.133 e. The van der Waals surface area contributed by atoms with Crippen molar-refractivity contribution in [2.24, 2.45) is 5.73 Å². The van der Waals surface area contributed by atoms with E-state index in [1.807, 2.05) is 18.2 Å². The van der Waals surface area contributed by atoms with Gasteiger partial charge in [0.25, 0.3) is 0 Å². The third-order valence-electron chi connectivity index (χ3n) is 2.84. The Morgan fingerprint density at radius 1 is 1.32 bits per heavy atom. The van der Waals surface area contributed by atoms with Gasteiger partial charge in [0.15, 0.2) is 0 Å². The third-order valence-corrected chi connectivity index (χ3v) is 4.55. The smallest absolute Gasteiger partial charge is 0.133 e. The van der Waals surface area contributed by atoms with E-state index < -0.39 is 0 Å². The monoisotopic (exact) mass is 339 g/mol. The molecule has 2 rings (SSSR count). The molecule has 2 nitrogen and oxygen atoms in total. The largest absolute Gasteiger partial charge is 0.492 e. The fourth-order valence-corrected chi connectivity index (χ4v) is 3.24. The summed E-state index contributed by atoms with van der Waals surface area (Å²) in [6.07, 6.45) is 1.00. The number of thiophene rings is 1. The maximum absolute atomic E-state index is 6.30. The van der Waals surface area contributed by atoms with E-state index in [1.54, 1.807) is 11.3 Å². The molecule has 1 unspecified atom stereocenters. The van der Waals surface area contributed by atoms with Crippen LogP contribution < -0.4 is 10.5 Å². The topological polar surface area (TPSA) is 35.2 Å². The van der Waals surface area contributed by atoms with Gasteiger partial charge in [-0.05, 0) is 59.1 Å². The summed E-state index contributed by atoms with van der Waals surface area (Å²) < 4.78 is 6.61. The van der Waals surface area contributed by atoms with Crippen LogP contribution in [0.4, 0.5) is 0 Å². The van der Waals surface area contributed by atoms with Crippen molar-refractivity contribution in [2.75, 3.05) is 6.61 Å². The average Bonchev–Trinajstić information content (AvgIpc) is 2.83. The quantitative estimate of drug-likeness (QED) is 0.859. The highest BCUT2D eigenvalue weighted by Gasteiger charge is 2.12. The Kier molecular flexibility index (Phi) is 5.02. The molecule has 1 atom stereocenters. The molecule has 1 aromatic heterocycles. The van der Waals surface area contributed by atoms with Crippen LogP contribution in [0.3, 0.4) is 0 Å². The van der Waals surface area contributed by atoms with E-state index in [2.05, 4.69) is 41.9 Å². The second-order valence-corrected chi connectivity index (χ2v) is 6.64. The molecular weight excluding hydrogens is 322 g/mol. The predicted molar refractivity (Wildman–Crippen MR) is 85.0 cm³/mol. The first-order chi connectivity index (χ1) is 9.11. The minimum Gasteiger partial charge on any atom is -0.492 e. The molecule has 19 heavy (non-hydrogen) atoms. The van der Waals surface area contributed by atoms with Crippen LogP contribution in [0.5, 0.6) is 5.75 Å². The van der Waals surface area contributed by atoms with Crippen molar-refractivity contribution in [3.8, 4) is 5.75 Å². The fraction of sp³-hybridized carbons (Fsp3) is 0.333. The Labute approximate surface area is 126 Å². The molecule has 0 amide bonds. The minimum absolute atomic E-state index is 0.0739. The normalized spacial score (nSPS) is 12.4. The Balaban J connectivity index is 2.19. The van der Waals surface area contributed by atoms with Crippen molar-refractivity contribution in [1.29, 1.82) is 0 Å². The zero-order chi connectivity index (χ0) is 13.8. The first-order valence-corrected chi connectivity index (χ1v) is 7.97. The lowest BCUT2D eigenvalue weighted by Gasteiger charge is -2.13. The Bertz CT molecular complexity index is 553. The summed E-state index contributed by atoms with van der Waals surface area (Å²) in [5, 5.41) is 0. The highest BCUT2D eigenvalue weighted by molar-refractivity contribution is 9.10. The number of hydrogen-bond acceptors (Lipinski definition) is 3. The summed E-state index contributed by atoms with van der Waals surface area (Å²) in [7, 11) is 0. The molecule has 1 aromatic carbocycles. The number of aryl methyl sites for hydroxylation is 1. The second kappa shape index (κ2) is 6.55. The number of rotatable bonds is 5. The molecule has 0 aliphatic heterocycles. The molecule has 0 spiro atoms. The maximum atomic E-state index is 6.30. The van der Waals surface area contributed by atoms with Crippen LogP contribution in [0.1, 0.15) is 34.7 Å². The van der Waals surface area contributed by atoms with E-state index in [4.69, 9.17) is 10.5 Å². The van der Waals surface area contributed by atoms with E-state index in [0.717, 1.165) is 28.8 Å². The average molecular weight is 340 g/mol. The zero-order valence-corrected chi connectivity index (χ0v) is 13.6. The molecular formula is C15H18BrNOS. The van der Waals surface area contributed by atoms with Gasteiger partial charge in [-0.3, -0.25) is 0 Å². The summed E-state index contributed by atoms with van der Waals surface area (Å²) in [5.41, 5.74) is 7.39. The molecule has 2 aromatic rings. The molecule has 0 saturated carbocycles. The van der Waals surface area contributed by atoms with E-state index in [9.17, 15) is 0 Å². The van der Waals surface area contributed by atoms with Crippen molar-refractivity contribution in [1.82, 2.24) is 0 Å². The van der Waals surface area contributed by atoms with E-state index in [0.29, 0.717) is 0 Å². The summed E-state index contributed by atoms with van der Waals surface area (Å²) in [6.45, 7) is 4.92. The number of halogens is 1. The Morgan fingerprint density at radius 3 is 2.68 bits per heavy atom. The lowest BCUT2D eigenvalue weighted by molar-refractivity contribution is 0.315. The van der Waals surface area contributed by atoms with Gasteiger partial charge in [0.2, 0.25) is 0 Å². The summed E-state index contributed by atoms with van der Waals surface area (Å²) in [6, 6.07) is 10.2. The summed E-state index contributed by atoms with van der Waals surface area (Å²) >= 11 is 5.29. The van der Waals surface area contributed by atoms with Crippen LogP contribution in [0.2, 0.25) is 0 Å². The van der Waals surface area contributed by atoms with Crippen molar-refractivity contribution < 1.29 is 4.74 Å². The van der Waals surface area contributed by atoms with Gasteiger partial charge in [0, 0.05) is 9.75 Å². The molecule has 0 fully saturated rings. The number of hydrogen-bond donors (Lipinski definition) is 1. The molecule has 0 aliphatic carbocycles. The molecule has 0 saturated heterocycles. The second-order valence-electron chi connectivity index (χ2n) is 4.46. The van der Waals surface area contributed by atoms with Gasteiger partial charge < -0.3 is 10.5 Å². The molecule has 0 aliphatic rings. The van der Waals surface area contributed by atoms with E-state index in [1.165, 1.54) is 9.75 Å². The van der Waals surface area contributed by atoms with Crippen LogP contribution >= 0.6 is 27.3 Å². The predicted octanol–water partition coefficient (Wildman–Crippen LogP) is 4.66. The molecule has 1 heterocycles. The van der Waals surface area contributed by atoms with Crippen LogP contribution in [-0.2, 0) is 0 Å². The minimum atomic E-state index is -0.0739. The fourth-order valence-electron chi connectivity index (χ4n) is 1.82. The molecule has 4 heteroatoms. The van der Waals surface area contributed by atoms with Gasteiger partial charge in [-0.1, -0.05) is 13.0 Å². The van der Waals surface area contributed by atoms with Gasteiger partial charge in [-0.2, -0.15) is 0 Å². The van der Waals surface area contributed by atoms with Gasteiger partial charge in [0.1, 0.15) is 5.75 Å². The van der Waals surface area contributed by atoms with Crippen LogP contribution in [0.25, 0.3) is 0 Å². The summed E-state index contributed by atoms with van der Waals surface area (Å²) in [4.78, 5) is 2.47. The molecule has 2 N–H and O–H groups in total. The van der Waals surface area contributed by atoms with Crippen molar-refractivity contribution in [3.05, 3.63) is 50.1 Å². The van der Waals surface area contributed by atoms with Crippen LogP contribution in [0, 0.1) is 6.92 Å². The first-order valence-electron chi connectivity index (χ1n) is 6.36. The standard InChI is InChI=1S/C15H18BrNOS/c1-3-8-18-13-6-5-11(9-12(13)16)15(17)14-7-4-10(2)19-14/h4-7,9,15H,3,8,17H2,1-2H3. The zero-order valence-electron chi connectivity index (χ0n) is 11.2. The van der Waals surface area contributed by atoms with Crippen molar-refractivity contribution in [2.45, 2.75) is 26.3 Å². The first kappa shape index (κ1) is 14.6. The lowest BCUT2D eigenvalue weighted by Crippen LogP contribution is -2.10. The van der Waals surface area contributed by atoms with Crippen molar-refractivity contribution >= 4 is 27.3 Å². The number of nitrogens with two attached hydrogens (primary N) is 1. The third kappa shape index (κ3) is 3.59. The summed E-state index contributed by atoms with van der Waals surface area (Å²) in [5.74, 6) is 0.875. The number of ether oxygens (including phenoxy) is 1. The molecule has 102 valence electrons. The van der Waals surface area contributed by atoms with Gasteiger partial charge in [-0.25, -0.2) is 0 Å². The van der Waals surface area contributed by atoms with Crippen LogP contribution in [-0.4, -0.2) is 6.61 Å². The van der Waals surface area contributed by atoms with Gasteiger partial charge in [-0.15, -0.1) is 11.3 Å². The van der Waals surface area contributed by atoms with Gasteiger partial charge >= 0.3 is 0 Å². The highest BCUT2D eigenvalue weighted by atomic mass is 79.9. The lowest BCUT2D eigenvalue weighted by atomic mass is 10.1. The highest BCUT2D eigenvalue weighted by Crippen LogP contribution is 2.32. The molecule has 0 bridgehead atoms. The van der Waals surface area contributed by atoms with E-state index in [-0.39, 0.29) is 6.04 Å². The van der Waals surface area contributed by atoms with E-state index >= 15 is 0 Å². The Morgan fingerprint density at radius 2 is 2.11 bits per heavy atom. The van der Waals surface area contributed by atoms with Crippen molar-refractivity contribution in [3.63, 3.8) is 0 Å². The number of benzene rings is 1. The van der Waals surface area contributed by atoms with Gasteiger partial charge in [0.05, 0.1) is 17.1 Å². The van der Waals surface area contributed by atoms with Crippen LogP contribution in [0.15, 0.2) is 34.8 Å².